The van der Waals surface area contributed by atoms with Crippen LogP contribution in [-0.2, 0) is 6.54 Å². The lowest BCUT2D eigenvalue weighted by Gasteiger charge is -2.28. The lowest BCUT2D eigenvalue weighted by Crippen LogP contribution is -3.12. The van der Waals surface area contributed by atoms with Crippen LogP contribution in [0.2, 0.25) is 0 Å². The topological polar surface area (TPSA) is 73.3 Å². The third-order valence-corrected chi connectivity index (χ3v) is 5.97. The Morgan fingerprint density at radius 1 is 1.13 bits per heavy atom. The molecule has 30 heavy (non-hydrogen) atoms. The number of ether oxygens (including phenoxy) is 2. The summed E-state index contributed by atoms with van der Waals surface area (Å²) in [5, 5.41) is 11.3. The largest absolute Gasteiger partial charge is 0.507 e. The van der Waals surface area contributed by atoms with E-state index >= 15 is 0 Å². The summed E-state index contributed by atoms with van der Waals surface area (Å²) in [7, 11) is 3.14. The minimum Gasteiger partial charge on any atom is -0.507 e. The molecule has 2 heterocycles. The van der Waals surface area contributed by atoms with Gasteiger partial charge in [0, 0.05) is 22.9 Å². The predicted molar refractivity (Wildman–Crippen MR) is 115 cm³/mol. The molecule has 4 rings (SSSR count). The zero-order valence-electron chi connectivity index (χ0n) is 17.7. The van der Waals surface area contributed by atoms with Crippen LogP contribution < -0.4 is 20.0 Å². The molecule has 1 aromatic heterocycles. The number of phenolic OH excluding ortho intramolecular Hbond substituents is 1. The van der Waals surface area contributed by atoms with Crippen molar-refractivity contribution in [3.8, 4) is 28.4 Å². The zero-order valence-corrected chi connectivity index (χ0v) is 17.7. The first-order chi connectivity index (χ1) is 14.5. The van der Waals surface area contributed by atoms with Gasteiger partial charge in [-0.05, 0) is 43.2 Å². The van der Waals surface area contributed by atoms with Crippen molar-refractivity contribution in [2.24, 2.45) is 5.92 Å². The molecule has 1 aliphatic heterocycles. The number of fused-ring (bicyclic) bond motifs is 1. The Labute approximate surface area is 175 Å². The number of rotatable bonds is 5. The van der Waals surface area contributed by atoms with Gasteiger partial charge in [0.05, 0.1) is 38.4 Å². The average molecular weight is 410 g/mol. The molecule has 3 aromatic rings. The molecule has 1 aliphatic rings. The van der Waals surface area contributed by atoms with Crippen LogP contribution in [0.15, 0.2) is 45.6 Å². The molecule has 0 bridgehead atoms. The number of likely N-dealkylation sites (tertiary alicyclic amines) is 1. The van der Waals surface area contributed by atoms with Crippen LogP contribution in [0.5, 0.6) is 17.2 Å². The van der Waals surface area contributed by atoms with Crippen LogP contribution >= 0.6 is 0 Å². The molecular weight excluding hydrogens is 382 g/mol. The molecule has 0 saturated carbocycles. The first-order valence-corrected chi connectivity index (χ1v) is 10.3. The van der Waals surface area contributed by atoms with Gasteiger partial charge in [0.25, 0.3) is 0 Å². The number of hydrogen-bond acceptors (Lipinski definition) is 5. The third kappa shape index (κ3) is 3.87. The van der Waals surface area contributed by atoms with Gasteiger partial charge in [-0.3, -0.25) is 0 Å². The molecule has 6 heteroatoms. The van der Waals surface area contributed by atoms with E-state index in [2.05, 4.69) is 6.92 Å². The van der Waals surface area contributed by atoms with Crippen LogP contribution in [0.3, 0.4) is 0 Å². The van der Waals surface area contributed by atoms with Gasteiger partial charge >= 0.3 is 5.63 Å². The summed E-state index contributed by atoms with van der Waals surface area (Å²) >= 11 is 0. The first-order valence-electron chi connectivity index (χ1n) is 10.3. The minimum absolute atomic E-state index is 0.172. The highest BCUT2D eigenvalue weighted by Crippen LogP contribution is 2.34. The van der Waals surface area contributed by atoms with Crippen molar-refractivity contribution >= 4 is 11.0 Å². The Kier molecular flexibility index (Phi) is 5.68. The lowest BCUT2D eigenvalue weighted by atomic mass is 9.99. The van der Waals surface area contributed by atoms with Crippen LogP contribution in [0.1, 0.15) is 25.3 Å². The first kappa shape index (κ1) is 20.3. The molecule has 0 radical (unpaired) electrons. The number of benzene rings is 2. The van der Waals surface area contributed by atoms with Gasteiger partial charge in [0.2, 0.25) is 0 Å². The van der Waals surface area contributed by atoms with Crippen LogP contribution in [0.25, 0.3) is 22.1 Å². The lowest BCUT2D eigenvalue weighted by molar-refractivity contribution is -0.922. The maximum absolute atomic E-state index is 12.9. The number of nitrogens with one attached hydrogen (secondary N) is 1. The van der Waals surface area contributed by atoms with E-state index in [1.54, 1.807) is 44.6 Å². The second-order valence-corrected chi connectivity index (χ2v) is 8.12. The molecule has 1 saturated heterocycles. The summed E-state index contributed by atoms with van der Waals surface area (Å²) in [5.41, 5.74) is 1.75. The van der Waals surface area contributed by atoms with Crippen molar-refractivity contribution in [1.82, 2.24) is 0 Å². The second kappa shape index (κ2) is 8.40. The Morgan fingerprint density at radius 3 is 2.70 bits per heavy atom. The van der Waals surface area contributed by atoms with Crippen LogP contribution in [0, 0.1) is 5.92 Å². The fourth-order valence-corrected chi connectivity index (χ4v) is 4.42. The van der Waals surface area contributed by atoms with Crippen molar-refractivity contribution in [3.05, 3.63) is 52.4 Å². The Bertz CT molecular complexity index is 1120. The van der Waals surface area contributed by atoms with E-state index in [-0.39, 0.29) is 5.75 Å². The van der Waals surface area contributed by atoms with Crippen molar-refractivity contribution in [2.45, 2.75) is 26.3 Å². The number of piperidine rings is 1. The summed E-state index contributed by atoms with van der Waals surface area (Å²) in [4.78, 5) is 14.3. The highest BCUT2D eigenvalue weighted by molar-refractivity contribution is 5.86. The van der Waals surface area contributed by atoms with E-state index in [9.17, 15) is 9.90 Å². The normalized spacial score (nSPS) is 19.0. The van der Waals surface area contributed by atoms with Gasteiger partial charge in [-0.2, -0.15) is 0 Å². The summed E-state index contributed by atoms with van der Waals surface area (Å²) < 4.78 is 16.5. The fraction of sp³-hybridized carbons (Fsp3) is 0.375. The van der Waals surface area contributed by atoms with E-state index in [4.69, 9.17) is 13.9 Å². The van der Waals surface area contributed by atoms with Gasteiger partial charge in [-0.25, -0.2) is 4.79 Å². The van der Waals surface area contributed by atoms with Gasteiger partial charge < -0.3 is 23.9 Å². The molecule has 2 aromatic carbocycles. The zero-order chi connectivity index (χ0) is 21.3. The van der Waals surface area contributed by atoms with E-state index in [0.29, 0.717) is 46.2 Å². The molecular formula is C24H28NO5+. The number of phenols is 1. The third-order valence-electron chi connectivity index (χ3n) is 5.97. The van der Waals surface area contributed by atoms with Gasteiger partial charge in [-0.1, -0.05) is 6.92 Å². The SMILES string of the molecule is COc1ccc(-c2cc3ccc(O)c(C[NH+]4CCC[C@@H](C)C4)c3oc2=O)c(OC)c1. The second-order valence-electron chi connectivity index (χ2n) is 8.12. The molecule has 1 unspecified atom stereocenters. The fourth-order valence-electron chi connectivity index (χ4n) is 4.42. The Hall–Kier alpha value is -2.99. The van der Waals surface area contributed by atoms with Crippen molar-refractivity contribution in [2.75, 3.05) is 27.3 Å². The Balaban J connectivity index is 1.79. The highest BCUT2D eigenvalue weighted by Gasteiger charge is 2.24. The van der Waals surface area contributed by atoms with Gasteiger partial charge in [0.15, 0.2) is 5.58 Å². The standard InChI is InChI=1S/C24H27NO5/c1-15-5-4-10-25(13-15)14-20-21(26)9-6-16-11-19(24(27)30-23(16)20)18-8-7-17(28-2)12-22(18)29-3/h6-9,11-12,15,26H,4-5,10,13-14H2,1-3H3/p+1/t15-/m1/s1. The van der Waals surface area contributed by atoms with Crippen molar-refractivity contribution in [3.63, 3.8) is 0 Å². The summed E-state index contributed by atoms with van der Waals surface area (Å²) in [6.45, 7) is 5.02. The van der Waals surface area contributed by atoms with Crippen LogP contribution in [-0.4, -0.2) is 32.4 Å². The smallest absolute Gasteiger partial charge is 0.344 e. The van der Waals surface area contributed by atoms with E-state index < -0.39 is 5.63 Å². The monoisotopic (exact) mass is 410 g/mol. The number of hydrogen-bond donors (Lipinski definition) is 2. The molecule has 1 fully saturated rings. The number of methoxy groups -OCH3 is 2. The maximum atomic E-state index is 12.9. The summed E-state index contributed by atoms with van der Waals surface area (Å²) in [6.07, 6.45) is 2.42. The predicted octanol–water partition coefficient (Wildman–Crippen LogP) is 3.00. The minimum atomic E-state index is -0.458. The molecule has 0 aliphatic carbocycles. The average Bonchev–Trinajstić information content (AvgIpc) is 2.75. The highest BCUT2D eigenvalue weighted by atomic mass is 16.5. The quantitative estimate of drug-likeness (QED) is 0.633. The van der Waals surface area contributed by atoms with E-state index in [1.165, 1.54) is 17.7 Å². The molecule has 158 valence electrons. The number of quaternary nitrogens is 1. The number of aromatic hydroxyl groups is 1. The summed E-state index contributed by atoms with van der Waals surface area (Å²) in [6, 6.07) is 10.6. The molecule has 6 nitrogen and oxygen atoms in total. The molecule has 2 atom stereocenters. The van der Waals surface area contributed by atoms with E-state index in [1.807, 2.05) is 6.07 Å². The summed E-state index contributed by atoms with van der Waals surface area (Å²) in [5.74, 6) is 2.01. The molecule has 2 N–H and O–H groups in total. The maximum Gasteiger partial charge on any atom is 0.344 e. The van der Waals surface area contributed by atoms with Crippen molar-refractivity contribution in [1.29, 1.82) is 0 Å². The van der Waals surface area contributed by atoms with Gasteiger partial charge in [0.1, 0.15) is 23.8 Å². The Morgan fingerprint density at radius 2 is 1.97 bits per heavy atom. The van der Waals surface area contributed by atoms with Crippen molar-refractivity contribution < 1.29 is 23.9 Å². The van der Waals surface area contributed by atoms with Crippen LogP contribution in [0.4, 0.5) is 0 Å². The van der Waals surface area contributed by atoms with E-state index in [0.717, 1.165) is 18.5 Å². The molecule has 0 amide bonds. The molecule has 0 spiro atoms. The van der Waals surface area contributed by atoms with Gasteiger partial charge in [-0.15, -0.1) is 0 Å².